The Morgan fingerprint density at radius 1 is 1.05 bits per heavy atom. The summed E-state index contributed by atoms with van der Waals surface area (Å²) in [5.74, 6) is -4.22. The minimum atomic E-state index is -4.20. The molecule has 3 rings (SSSR count). The van der Waals surface area contributed by atoms with Crippen molar-refractivity contribution in [2.45, 2.75) is 24.2 Å². The van der Waals surface area contributed by atoms with Crippen LogP contribution in [0.4, 0.5) is 11.4 Å². The first-order chi connectivity index (χ1) is 18.4. The number of hydrogen-bond acceptors (Lipinski definition) is 9. The van der Waals surface area contributed by atoms with Gasteiger partial charge in [0.2, 0.25) is 0 Å². The van der Waals surface area contributed by atoms with Gasteiger partial charge in [0.25, 0.3) is 15.9 Å². The highest BCUT2D eigenvalue weighted by atomic mass is 32.2. The molecular weight excluding hydrogens is 534 g/mol. The number of carboxylic acids is 1. The van der Waals surface area contributed by atoms with Gasteiger partial charge in [0, 0.05) is 6.07 Å². The minimum Gasteiger partial charge on any atom is -0.502 e. The molecule has 204 valence electrons. The lowest BCUT2D eigenvalue weighted by atomic mass is 9.96. The highest BCUT2D eigenvalue weighted by molar-refractivity contribution is 7.92. The highest BCUT2D eigenvalue weighted by Gasteiger charge is 2.25. The van der Waals surface area contributed by atoms with Crippen molar-refractivity contribution in [1.82, 2.24) is 5.32 Å². The molecule has 0 saturated heterocycles. The van der Waals surface area contributed by atoms with Crippen LogP contribution in [-0.2, 0) is 19.6 Å². The fraction of sp³-hybridized carbons (Fsp3) is 0.160. The first kappa shape index (κ1) is 28.6. The topological polar surface area (TPSA) is 202 Å². The molecule has 0 aliphatic rings. The smallest absolute Gasteiger partial charge is 0.322 e. The Hall–Kier alpha value is -4.98. The van der Waals surface area contributed by atoms with E-state index in [0.29, 0.717) is 0 Å². The normalized spacial score (nSPS) is 11.7. The van der Waals surface area contributed by atoms with Crippen molar-refractivity contribution in [2.75, 3.05) is 11.3 Å². The lowest BCUT2D eigenvalue weighted by Gasteiger charge is -2.15. The molecule has 3 aromatic rings. The zero-order valence-electron chi connectivity index (χ0n) is 20.4. The van der Waals surface area contributed by atoms with Crippen LogP contribution in [0.2, 0.25) is 0 Å². The molecule has 0 aromatic heterocycles. The number of phenols is 1. The van der Waals surface area contributed by atoms with Gasteiger partial charge in [-0.15, -0.1) is 0 Å². The molecule has 4 N–H and O–H groups in total. The molecule has 39 heavy (non-hydrogen) atoms. The third kappa shape index (κ3) is 7.07. The van der Waals surface area contributed by atoms with E-state index in [9.17, 15) is 38.0 Å². The Labute approximate surface area is 222 Å². The van der Waals surface area contributed by atoms with Gasteiger partial charge in [-0.05, 0) is 54.4 Å². The third-order valence-electron chi connectivity index (χ3n) is 5.46. The molecule has 0 aliphatic carbocycles. The Balaban J connectivity index is 1.75. The molecule has 1 unspecified atom stereocenters. The summed E-state index contributed by atoms with van der Waals surface area (Å²) < 4.78 is 33.4. The number of ether oxygens (including phenoxy) is 1. The maximum Gasteiger partial charge on any atom is 0.322 e. The van der Waals surface area contributed by atoms with Crippen molar-refractivity contribution < 1.29 is 42.7 Å². The number of esters is 1. The maximum atomic E-state index is 12.9. The van der Waals surface area contributed by atoms with E-state index in [-0.39, 0.29) is 33.9 Å². The molecule has 0 heterocycles. The average Bonchev–Trinajstić information content (AvgIpc) is 2.89. The summed E-state index contributed by atoms with van der Waals surface area (Å²) >= 11 is 0. The number of nitro benzene ring substituents is 1. The SMILES string of the molecule is CCC(C(=O)Oc1ccc(S(=O)(=O)Nc2ccccc2C(=O)NCC(=O)O)cc1)c1ccc(O)c([N+](=O)[O-])c1. The van der Waals surface area contributed by atoms with E-state index in [1.54, 1.807) is 6.92 Å². The number of phenolic OH excluding ortho intramolecular Hbond substituents is 1. The van der Waals surface area contributed by atoms with Crippen molar-refractivity contribution in [1.29, 1.82) is 0 Å². The maximum absolute atomic E-state index is 12.9. The molecular formula is C25H23N3O10S. The number of carbonyl (C=O) groups is 3. The van der Waals surface area contributed by atoms with Crippen LogP contribution in [0.25, 0.3) is 0 Å². The second-order valence-corrected chi connectivity index (χ2v) is 9.77. The Morgan fingerprint density at radius 2 is 1.72 bits per heavy atom. The van der Waals surface area contributed by atoms with E-state index in [1.807, 2.05) is 0 Å². The number of aromatic hydroxyl groups is 1. The third-order valence-corrected chi connectivity index (χ3v) is 6.84. The largest absolute Gasteiger partial charge is 0.502 e. The second-order valence-electron chi connectivity index (χ2n) is 8.09. The van der Waals surface area contributed by atoms with Gasteiger partial charge in [0.05, 0.1) is 27.0 Å². The van der Waals surface area contributed by atoms with E-state index in [1.165, 1.54) is 54.6 Å². The molecule has 0 saturated carbocycles. The van der Waals surface area contributed by atoms with Crippen molar-refractivity contribution in [3.8, 4) is 11.5 Å². The van der Waals surface area contributed by atoms with E-state index < -0.39 is 56.7 Å². The lowest BCUT2D eigenvalue weighted by molar-refractivity contribution is -0.385. The van der Waals surface area contributed by atoms with Crippen molar-refractivity contribution in [3.63, 3.8) is 0 Å². The first-order valence-corrected chi connectivity index (χ1v) is 12.8. The quantitative estimate of drug-likeness (QED) is 0.117. The van der Waals surface area contributed by atoms with E-state index in [0.717, 1.165) is 12.1 Å². The van der Waals surface area contributed by atoms with Crippen LogP contribution in [0, 0.1) is 10.1 Å². The highest BCUT2D eigenvalue weighted by Crippen LogP contribution is 2.32. The van der Waals surface area contributed by atoms with Gasteiger partial charge in [0.15, 0.2) is 5.75 Å². The standard InChI is InChI=1S/C25H23N3O10S/c1-2-18(15-7-12-22(29)21(13-15)28(34)35)25(33)38-16-8-10-17(11-9-16)39(36,37)27-20-6-4-3-5-19(20)24(32)26-14-23(30)31/h3-13,18,27,29H,2,14H2,1H3,(H,26,32)(H,30,31). The number of nitrogens with zero attached hydrogens (tertiary/aromatic N) is 1. The van der Waals surface area contributed by atoms with E-state index in [2.05, 4.69) is 10.0 Å². The summed E-state index contributed by atoms with van der Waals surface area (Å²) in [5, 5.41) is 31.7. The molecule has 0 aliphatic heterocycles. The molecule has 1 amide bonds. The molecule has 3 aromatic carbocycles. The Bertz CT molecular complexity index is 1520. The Morgan fingerprint density at radius 3 is 2.33 bits per heavy atom. The number of rotatable bonds is 11. The lowest BCUT2D eigenvalue weighted by Crippen LogP contribution is -2.30. The molecule has 0 radical (unpaired) electrons. The first-order valence-electron chi connectivity index (χ1n) is 11.3. The summed E-state index contributed by atoms with van der Waals surface area (Å²) in [6, 6.07) is 14.0. The molecule has 0 bridgehead atoms. The van der Waals surface area contributed by atoms with Gasteiger partial charge in [-0.25, -0.2) is 8.42 Å². The molecule has 13 nitrogen and oxygen atoms in total. The predicted octanol–water partition coefficient (Wildman–Crippen LogP) is 3.01. The zero-order valence-corrected chi connectivity index (χ0v) is 21.2. The molecule has 1 atom stereocenters. The summed E-state index contributed by atoms with van der Waals surface area (Å²) in [5.41, 5.74) is -0.458. The van der Waals surface area contributed by atoms with Crippen LogP contribution in [0.15, 0.2) is 71.6 Å². The van der Waals surface area contributed by atoms with Gasteiger partial charge < -0.3 is 20.3 Å². The van der Waals surface area contributed by atoms with Gasteiger partial charge in [0.1, 0.15) is 12.3 Å². The van der Waals surface area contributed by atoms with Gasteiger partial charge in [-0.2, -0.15) is 0 Å². The average molecular weight is 558 g/mol. The van der Waals surface area contributed by atoms with Crippen LogP contribution < -0.4 is 14.8 Å². The summed E-state index contributed by atoms with van der Waals surface area (Å²) in [6.45, 7) is 1.02. The second kappa shape index (κ2) is 12.0. The zero-order chi connectivity index (χ0) is 28.7. The number of aliphatic carboxylic acids is 1. The van der Waals surface area contributed by atoms with Crippen LogP contribution in [-0.4, -0.2) is 47.9 Å². The van der Waals surface area contributed by atoms with Crippen molar-refractivity contribution >= 4 is 39.2 Å². The number of nitrogens with one attached hydrogen (secondary N) is 2. The van der Waals surface area contributed by atoms with Crippen molar-refractivity contribution in [2.24, 2.45) is 0 Å². The molecule has 14 heteroatoms. The number of carboxylic acid groups (broad SMARTS) is 1. The summed E-state index contributed by atoms with van der Waals surface area (Å²) in [6.07, 6.45) is 0.233. The van der Waals surface area contributed by atoms with Gasteiger partial charge in [-0.3, -0.25) is 29.2 Å². The van der Waals surface area contributed by atoms with Crippen LogP contribution >= 0.6 is 0 Å². The number of nitro groups is 1. The van der Waals surface area contributed by atoms with Crippen molar-refractivity contribution in [3.05, 3.63) is 88.0 Å². The van der Waals surface area contributed by atoms with Crippen LogP contribution in [0.3, 0.4) is 0 Å². The summed E-state index contributed by atoms with van der Waals surface area (Å²) in [7, 11) is -4.20. The summed E-state index contributed by atoms with van der Waals surface area (Å²) in [4.78, 5) is 45.9. The number of para-hydroxylation sites is 1. The fourth-order valence-electron chi connectivity index (χ4n) is 3.54. The van der Waals surface area contributed by atoms with E-state index >= 15 is 0 Å². The fourth-order valence-corrected chi connectivity index (χ4v) is 4.62. The predicted molar refractivity (Wildman–Crippen MR) is 137 cm³/mol. The van der Waals surface area contributed by atoms with Crippen LogP contribution in [0.1, 0.15) is 35.2 Å². The number of anilines is 1. The van der Waals surface area contributed by atoms with Crippen LogP contribution in [0.5, 0.6) is 11.5 Å². The van der Waals surface area contributed by atoms with Gasteiger partial charge in [-0.1, -0.05) is 25.1 Å². The Kier molecular flexibility index (Phi) is 8.83. The number of carbonyl (C=O) groups excluding carboxylic acids is 2. The molecule has 0 fully saturated rings. The number of sulfonamides is 1. The number of benzene rings is 3. The number of amides is 1. The van der Waals surface area contributed by atoms with Gasteiger partial charge >= 0.3 is 17.6 Å². The minimum absolute atomic E-state index is 0.0131. The monoisotopic (exact) mass is 557 g/mol. The molecule has 0 spiro atoms. The van der Waals surface area contributed by atoms with E-state index in [4.69, 9.17) is 9.84 Å². The number of hydrogen-bond donors (Lipinski definition) is 4.